The third-order valence-electron chi connectivity index (χ3n) is 9.56. The van der Waals surface area contributed by atoms with Gasteiger partial charge in [0, 0.05) is 5.41 Å². The van der Waals surface area contributed by atoms with Gasteiger partial charge in [0.1, 0.15) is 0 Å². The quantitative estimate of drug-likeness (QED) is 0.515. The van der Waals surface area contributed by atoms with Crippen molar-refractivity contribution in [3.8, 4) is 0 Å². The molecule has 4 aliphatic carbocycles. The molecule has 0 unspecified atom stereocenters. The minimum Gasteiger partial charge on any atom is -0.389 e. The summed E-state index contributed by atoms with van der Waals surface area (Å²) in [6.45, 7) is 12.1. The molecule has 4 aliphatic rings. The molecule has 0 aromatic rings. The predicted molar refractivity (Wildman–Crippen MR) is 119 cm³/mol. The number of aliphatic hydroxyl groups is 1. The van der Waals surface area contributed by atoms with Gasteiger partial charge in [-0.25, -0.2) is 0 Å². The van der Waals surface area contributed by atoms with Crippen LogP contribution >= 0.6 is 0 Å². The molecule has 1 N–H and O–H groups in total. The van der Waals surface area contributed by atoms with Crippen molar-refractivity contribution in [3.63, 3.8) is 0 Å². The van der Waals surface area contributed by atoms with Crippen LogP contribution in [-0.4, -0.2) is 11.2 Å². The van der Waals surface area contributed by atoms with E-state index in [-0.39, 0.29) is 11.5 Å². The molecule has 1 nitrogen and oxygen atoms in total. The Bertz CT molecular complexity index is 680. The van der Waals surface area contributed by atoms with Gasteiger partial charge in [0.05, 0.1) is 6.10 Å². The van der Waals surface area contributed by atoms with E-state index in [0.29, 0.717) is 5.41 Å². The molecule has 0 spiro atoms. The Kier molecular flexibility index (Phi) is 5.45. The maximum atomic E-state index is 10.1. The Labute approximate surface area is 173 Å². The number of rotatable bonds is 4. The van der Waals surface area contributed by atoms with E-state index in [1.807, 2.05) is 0 Å². The molecule has 1 heteroatoms. The zero-order valence-corrected chi connectivity index (χ0v) is 18.9. The summed E-state index contributed by atoms with van der Waals surface area (Å²) in [5.74, 6) is 4.29. The summed E-state index contributed by atoms with van der Waals surface area (Å²) in [4.78, 5) is 0. The molecule has 0 aromatic heterocycles. The van der Waals surface area contributed by atoms with E-state index < -0.39 is 0 Å². The molecule has 0 saturated heterocycles. The van der Waals surface area contributed by atoms with Crippen LogP contribution in [0.3, 0.4) is 0 Å². The van der Waals surface area contributed by atoms with Crippen LogP contribution in [0.25, 0.3) is 0 Å². The second kappa shape index (κ2) is 7.46. The van der Waals surface area contributed by atoms with Gasteiger partial charge in [-0.3, -0.25) is 0 Å². The number of hydrogen-bond acceptors (Lipinski definition) is 1. The summed E-state index contributed by atoms with van der Waals surface area (Å²) in [5.41, 5.74) is 3.74. The molecule has 4 rings (SSSR count). The summed E-state index contributed by atoms with van der Waals surface area (Å²) in [7, 11) is 0. The van der Waals surface area contributed by atoms with E-state index in [2.05, 4.69) is 58.9 Å². The van der Waals surface area contributed by atoms with E-state index in [0.717, 1.165) is 36.0 Å². The lowest BCUT2D eigenvalue weighted by molar-refractivity contribution is -0.0353. The van der Waals surface area contributed by atoms with Gasteiger partial charge in [-0.2, -0.15) is 0 Å². The molecular formula is C27H42O. The molecule has 156 valence electrons. The first kappa shape index (κ1) is 20.5. The van der Waals surface area contributed by atoms with E-state index in [1.165, 1.54) is 56.1 Å². The first-order chi connectivity index (χ1) is 13.3. The Morgan fingerprint density at radius 2 is 2.00 bits per heavy atom. The highest BCUT2D eigenvalue weighted by atomic mass is 16.3. The highest BCUT2D eigenvalue weighted by Crippen LogP contribution is 2.66. The van der Waals surface area contributed by atoms with Crippen LogP contribution in [-0.2, 0) is 0 Å². The van der Waals surface area contributed by atoms with Crippen molar-refractivity contribution >= 4 is 0 Å². The fourth-order valence-corrected chi connectivity index (χ4v) is 8.05. The van der Waals surface area contributed by atoms with Crippen molar-refractivity contribution < 1.29 is 5.11 Å². The van der Waals surface area contributed by atoms with Crippen LogP contribution < -0.4 is 0 Å². The standard InChI is InChI=1S/C27H42O/c1-18(2)7-6-8-19(3)23-11-12-24-22-10-9-20-17-21(28)13-15-26(20,4)25(22)14-16-27(23,24)5/h7,9,13,15,19,21-25,28H,6,8,10-12,14,16-17H2,1-5H3/t19-,21-,22+,23-,24+,25+,26+,27-/m1/s1. The Morgan fingerprint density at radius 3 is 2.75 bits per heavy atom. The largest absolute Gasteiger partial charge is 0.389 e. The topological polar surface area (TPSA) is 20.2 Å². The van der Waals surface area contributed by atoms with E-state index in [1.54, 1.807) is 0 Å². The van der Waals surface area contributed by atoms with Crippen molar-refractivity contribution in [2.45, 2.75) is 92.1 Å². The third-order valence-corrected chi connectivity index (χ3v) is 9.56. The number of fused-ring (bicyclic) bond motifs is 5. The molecule has 0 aromatic carbocycles. The summed E-state index contributed by atoms with van der Waals surface area (Å²) >= 11 is 0. The number of aliphatic hydroxyl groups excluding tert-OH is 1. The summed E-state index contributed by atoms with van der Waals surface area (Å²) < 4.78 is 0. The van der Waals surface area contributed by atoms with E-state index in [9.17, 15) is 5.11 Å². The molecule has 0 radical (unpaired) electrons. The fraction of sp³-hybridized carbons (Fsp3) is 0.778. The molecule has 0 amide bonds. The molecule has 28 heavy (non-hydrogen) atoms. The van der Waals surface area contributed by atoms with Crippen molar-refractivity contribution in [2.24, 2.45) is 40.4 Å². The van der Waals surface area contributed by atoms with E-state index >= 15 is 0 Å². The van der Waals surface area contributed by atoms with Crippen molar-refractivity contribution in [1.82, 2.24) is 0 Å². The van der Waals surface area contributed by atoms with Crippen molar-refractivity contribution in [1.29, 1.82) is 0 Å². The number of allylic oxidation sites excluding steroid dienone is 4. The maximum Gasteiger partial charge on any atom is 0.0758 e. The average Bonchev–Trinajstić information content (AvgIpc) is 2.99. The lowest BCUT2D eigenvalue weighted by Crippen LogP contribution is -2.49. The Hall–Kier alpha value is -0.820. The van der Waals surface area contributed by atoms with Crippen molar-refractivity contribution in [2.75, 3.05) is 0 Å². The molecule has 8 atom stereocenters. The Morgan fingerprint density at radius 1 is 1.21 bits per heavy atom. The van der Waals surface area contributed by atoms with Gasteiger partial charge < -0.3 is 5.11 Å². The van der Waals surface area contributed by atoms with Crippen LogP contribution in [0.2, 0.25) is 0 Å². The Balaban J connectivity index is 1.53. The molecule has 0 heterocycles. The van der Waals surface area contributed by atoms with E-state index in [4.69, 9.17) is 0 Å². The molecule has 2 saturated carbocycles. The van der Waals surface area contributed by atoms with Gasteiger partial charge >= 0.3 is 0 Å². The fourth-order valence-electron chi connectivity index (χ4n) is 8.05. The molecule has 0 bridgehead atoms. The highest BCUT2D eigenvalue weighted by molar-refractivity contribution is 5.32. The minimum atomic E-state index is -0.262. The average molecular weight is 383 g/mol. The summed E-state index contributed by atoms with van der Waals surface area (Å²) in [6, 6.07) is 0. The lowest BCUT2D eigenvalue weighted by atomic mass is 9.48. The van der Waals surface area contributed by atoms with Gasteiger partial charge in [0.15, 0.2) is 0 Å². The van der Waals surface area contributed by atoms with Gasteiger partial charge in [0.2, 0.25) is 0 Å². The highest BCUT2D eigenvalue weighted by Gasteiger charge is 2.58. The number of hydrogen-bond donors (Lipinski definition) is 1. The molecular weight excluding hydrogens is 340 g/mol. The van der Waals surface area contributed by atoms with Crippen LogP contribution in [0, 0.1) is 40.4 Å². The van der Waals surface area contributed by atoms with Crippen LogP contribution in [0.5, 0.6) is 0 Å². The minimum absolute atomic E-state index is 0.205. The van der Waals surface area contributed by atoms with Gasteiger partial charge in [-0.15, -0.1) is 0 Å². The zero-order chi connectivity index (χ0) is 20.1. The van der Waals surface area contributed by atoms with Gasteiger partial charge in [-0.05, 0) is 100 Å². The third kappa shape index (κ3) is 3.26. The van der Waals surface area contributed by atoms with Crippen LogP contribution in [0.1, 0.15) is 86.0 Å². The SMILES string of the molecule is CC(C)=CCC[C@@H](C)[C@H]1CC[C@H]2[C@@H]3CC=C4C[C@H](O)C=C[C@]4(C)[C@H]3CC[C@]12C. The van der Waals surface area contributed by atoms with Crippen LogP contribution in [0.4, 0.5) is 0 Å². The normalized spacial score (nSPS) is 45.5. The predicted octanol–water partition coefficient (Wildman–Crippen LogP) is 7.08. The molecule has 2 fully saturated rings. The smallest absolute Gasteiger partial charge is 0.0758 e. The zero-order valence-electron chi connectivity index (χ0n) is 18.9. The maximum absolute atomic E-state index is 10.1. The second-order valence-corrected chi connectivity index (χ2v) is 11.3. The van der Waals surface area contributed by atoms with Crippen LogP contribution in [0.15, 0.2) is 35.5 Å². The van der Waals surface area contributed by atoms with Gasteiger partial charge in [-0.1, -0.05) is 56.2 Å². The second-order valence-electron chi connectivity index (χ2n) is 11.3. The lowest BCUT2D eigenvalue weighted by Gasteiger charge is -2.57. The first-order valence-electron chi connectivity index (χ1n) is 12.0. The van der Waals surface area contributed by atoms with Gasteiger partial charge in [0.25, 0.3) is 0 Å². The summed E-state index contributed by atoms with van der Waals surface area (Å²) in [5, 5.41) is 10.1. The van der Waals surface area contributed by atoms with Crippen molar-refractivity contribution in [3.05, 3.63) is 35.5 Å². The monoisotopic (exact) mass is 382 g/mol. The summed E-state index contributed by atoms with van der Waals surface area (Å²) in [6.07, 6.45) is 19.6. The first-order valence-corrected chi connectivity index (χ1v) is 12.0. The molecule has 0 aliphatic heterocycles.